The van der Waals surface area contributed by atoms with Crippen LogP contribution >= 0.6 is 0 Å². The molecule has 0 unspecified atom stereocenters. The highest BCUT2D eigenvalue weighted by molar-refractivity contribution is 5.63. The number of ether oxygens (including phenoxy) is 1. The van der Waals surface area contributed by atoms with Crippen molar-refractivity contribution in [1.82, 2.24) is 0 Å². The van der Waals surface area contributed by atoms with Gasteiger partial charge >= 0.3 is 0 Å². The second kappa shape index (κ2) is 4.84. The fourth-order valence-corrected chi connectivity index (χ4v) is 1.56. The summed E-state index contributed by atoms with van der Waals surface area (Å²) in [5.41, 5.74) is 2.27. The largest absolute Gasteiger partial charge is 0.491 e. The van der Waals surface area contributed by atoms with E-state index in [-0.39, 0.29) is 6.10 Å². The van der Waals surface area contributed by atoms with Crippen LogP contribution in [-0.4, -0.2) is 6.10 Å². The molecule has 0 amide bonds. The van der Waals surface area contributed by atoms with Crippen molar-refractivity contribution < 1.29 is 4.74 Å². The minimum Gasteiger partial charge on any atom is -0.491 e. The van der Waals surface area contributed by atoms with Gasteiger partial charge in [-0.05, 0) is 43.2 Å². The Morgan fingerprint density at radius 3 is 2.31 bits per heavy atom. The molecular weight excluding hydrogens is 196 g/mol. The highest BCUT2D eigenvalue weighted by Crippen LogP contribution is 2.22. The van der Waals surface area contributed by atoms with Gasteiger partial charge in [-0.3, -0.25) is 0 Å². The molecule has 16 heavy (non-hydrogen) atoms. The van der Waals surface area contributed by atoms with Gasteiger partial charge in [0, 0.05) is 0 Å². The molecule has 0 aliphatic heterocycles. The van der Waals surface area contributed by atoms with Crippen LogP contribution in [0.1, 0.15) is 13.8 Å². The van der Waals surface area contributed by atoms with Crippen molar-refractivity contribution in [2.45, 2.75) is 20.0 Å². The lowest BCUT2D eigenvalue weighted by atomic mass is 10.1. The number of benzene rings is 2. The van der Waals surface area contributed by atoms with Crippen LogP contribution in [-0.2, 0) is 0 Å². The van der Waals surface area contributed by atoms with Crippen LogP contribution in [0.2, 0.25) is 0 Å². The maximum Gasteiger partial charge on any atom is 0.119 e. The highest BCUT2D eigenvalue weighted by atomic mass is 16.5. The molecule has 81 valence electrons. The summed E-state index contributed by atoms with van der Waals surface area (Å²) in [5.74, 6) is 0.912. The predicted molar refractivity (Wildman–Crippen MR) is 66.5 cm³/mol. The van der Waals surface area contributed by atoms with Crippen LogP contribution in [0.5, 0.6) is 5.75 Å². The molecule has 2 rings (SSSR count). The molecule has 1 nitrogen and oxygen atoms in total. The summed E-state index contributed by atoms with van der Waals surface area (Å²) < 4.78 is 5.59. The Bertz CT molecular complexity index is 429. The van der Waals surface area contributed by atoms with Crippen molar-refractivity contribution in [2.75, 3.05) is 0 Å². The number of hydrogen-bond acceptors (Lipinski definition) is 1. The number of hydrogen-bond donors (Lipinski definition) is 0. The summed E-state index contributed by atoms with van der Waals surface area (Å²) >= 11 is 0. The molecule has 0 aromatic heterocycles. The van der Waals surface area contributed by atoms with Gasteiger partial charge in [0.25, 0.3) is 0 Å². The molecule has 0 saturated carbocycles. The Morgan fingerprint density at radius 1 is 1.00 bits per heavy atom. The average Bonchev–Trinajstić information content (AvgIpc) is 2.30. The molecule has 0 bridgehead atoms. The van der Waals surface area contributed by atoms with Gasteiger partial charge in [-0.1, -0.05) is 36.4 Å². The van der Waals surface area contributed by atoms with Gasteiger partial charge in [-0.25, -0.2) is 0 Å². The van der Waals surface area contributed by atoms with Crippen molar-refractivity contribution in [1.29, 1.82) is 0 Å². The first kappa shape index (κ1) is 10.7. The van der Waals surface area contributed by atoms with Gasteiger partial charge in [0.1, 0.15) is 5.75 Å². The van der Waals surface area contributed by atoms with E-state index in [1.54, 1.807) is 0 Å². The van der Waals surface area contributed by atoms with Gasteiger partial charge in [-0.2, -0.15) is 0 Å². The van der Waals surface area contributed by atoms with Crippen molar-refractivity contribution in [3.63, 3.8) is 0 Å². The monoisotopic (exact) mass is 211 g/mol. The SMILES string of the molecule is CC(C)Oc1ccc(-c2[c]cccc2)cc1. The van der Waals surface area contributed by atoms with Crippen molar-refractivity contribution >= 4 is 0 Å². The van der Waals surface area contributed by atoms with Gasteiger partial charge < -0.3 is 4.74 Å². The van der Waals surface area contributed by atoms with Gasteiger partial charge in [-0.15, -0.1) is 0 Å². The third-order valence-electron chi connectivity index (χ3n) is 2.25. The quantitative estimate of drug-likeness (QED) is 0.747. The summed E-state index contributed by atoms with van der Waals surface area (Å²) in [4.78, 5) is 0. The predicted octanol–water partition coefficient (Wildman–Crippen LogP) is 3.94. The summed E-state index contributed by atoms with van der Waals surface area (Å²) in [5, 5.41) is 0. The molecular formula is C15H15O. The third-order valence-corrected chi connectivity index (χ3v) is 2.25. The number of rotatable bonds is 3. The Morgan fingerprint density at radius 2 is 1.75 bits per heavy atom. The van der Waals surface area contributed by atoms with E-state index < -0.39 is 0 Å². The molecule has 0 saturated heterocycles. The lowest BCUT2D eigenvalue weighted by molar-refractivity contribution is 0.242. The summed E-state index contributed by atoms with van der Waals surface area (Å²) in [7, 11) is 0. The third kappa shape index (κ3) is 2.63. The minimum atomic E-state index is 0.217. The van der Waals surface area contributed by atoms with Crippen molar-refractivity contribution in [3.8, 4) is 16.9 Å². The van der Waals surface area contributed by atoms with Crippen LogP contribution in [0.4, 0.5) is 0 Å². The summed E-state index contributed by atoms with van der Waals surface area (Å²) in [6.45, 7) is 4.05. The van der Waals surface area contributed by atoms with E-state index in [4.69, 9.17) is 4.74 Å². The van der Waals surface area contributed by atoms with Gasteiger partial charge in [0.05, 0.1) is 6.10 Å². The fraction of sp³-hybridized carbons (Fsp3) is 0.200. The molecule has 0 atom stereocenters. The molecule has 0 fully saturated rings. The van der Waals surface area contributed by atoms with E-state index in [9.17, 15) is 0 Å². The molecule has 0 spiro atoms. The fourth-order valence-electron chi connectivity index (χ4n) is 1.56. The normalized spacial score (nSPS) is 10.4. The molecule has 2 aromatic rings. The van der Waals surface area contributed by atoms with E-state index in [1.807, 2.05) is 44.2 Å². The van der Waals surface area contributed by atoms with Gasteiger partial charge in [0.2, 0.25) is 0 Å². The van der Waals surface area contributed by atoms with Crippen LogP contribution in [0, 0.1) is 6.07 Å². The Labute approximate surface area is 96.7 Å². The van der Waals surface area contributed by atoms with E-state index in [0.29, 0.717) is 0 Å². The maximum atomic E-state index is 5.59. The second-order valence-corrected chi connectivity index (χ2v) is 3.97. The smallest absolute Gasteiger partial charge is 0.119 e. The van der Waals surface area contributed by atoms with Crippen LogP contribution in [0.15, 0.2) is 48.5 Å². The first-order valence-corrected chi connectivity index (χ1v) is 5.49. The molecule has 0 N–H and O–H groups in total. The molecule has 0 aliphatic carbocycles. The highest BCUT2D eigenvalue weighted by Gasteiger charge is 1.99. The molecule has 0 heterocycles. The van der Waals surface area contributed by atoms with Crippen molar-refractivity contribution in [2.24, 2.45) is 0 Å². The average molecular weight is 211 g/mol. The van der Waals surface area contributed by atoms with E-state index in [1.165, 1.54) is 0 Å². The molecule has 1 heteroatoms. The summed E-state index contributed by atoms with van der Waals surface area (Å²) in [6, 6.07) is 19.3. The minimum absolute atomic E-state index is 0.217. The molecule has 0 aliphatic rings. The zero-order chi connectivity index (χ0) is 11.4. The molecule has 2 aromatic carbocycles. The second-order valence-electron chi connectivity index (χ2n) is 3.97. The summed E-state index contributed by atoms with van der Waals surface area (Å²) in [6.07, 6.45) is 0.217. The zero-order valence-electron chi connectivity index (χ0n) is 9.60. The Balaban J connectivity index is 2.20. The van der Waals surface area contributed by atoms with Gasteiger partial charge in [0.15, 0.2) is 0 Å². The zero-order valence-corrected chi connectivity index (χ0v) is 9.60. The van der Waals surface area contributed by atoms with Crippen LogP contribution < -0.4 is 4.74 Å². The molecule has 1 radical (unpaired) electrons. The first-order valence-electron chi connectivity index (χ1n) is 5.49. The standard InChI is InChI=1S/C15H15O/c1-12(2)16-15-10-8-14(9-11-15)13-6-4-3-5-7-13/h3-6,8-12H,1-2H3. The van der Waals surface area contributed by atoms with E-state index >= 15 is 0 Å². The topological polar surface area (TPSA) is 9.23 Å². The van der Waals surface area contributed by atoms with E-state index in [2.05, 4.69) is 24.3 Å². The lowest BCUT2D eigenvalue weighted by Gasteiger charge is -2.10. The van der Waals surface area contributed by atoms with Crippen LogP contribution in [0.3, 0.4) is 0 Å². The Hall–Kier alpha value is -1.76. The first-order chi connectivity index (χ1) is 7.75. The lowest BCUT2D eigenvalue weighted by Crippen LogP contribution is -2.05. The van der Waals surface area contributed by atoms with E-state index in [0.717, 1.165) is 16.9 Å². The Kier molecular flexibility index (Phi) is 3.25. The maximum absolute atomic E-state index is 5.59. The van der Waals surface area contributed by atoms with Crippen LogP contribution in [0.25, 0.3) is 11.1 Å². The van der Waals surface area contributed by atoms with Crippen molar-refractivity contribution in [3.05, 3.63) is 54.6 Å².